The summed E-state index contributed by atoms with van der Waals surface area (Å²) < 4.78 is 46.1. The smallest absolute Gasteiger partial charge is 0.258 e. The minimum atomic E-state index is -2.91. The zero-order valence-corrected chi connectivity index (χ0v) is 19.5. The van der Waals surface area contributed by atoms with Crippen LogP contribution in [0.2, 0.25) is 5.02 Å². The van der Waals surface area contributed by atoms with E-state index in [-0.39, 0.29) is 47.4 Å². The first kappa shape index (κ1) is 22.5. The van der Waals surface area contributed by atoms with Gasteiger partial charge in [-0.1, -0.05) is 11.6 Å². The van der Waals surface area contributed by atoms with Crippen LogP contribution in [-0.4, -0.2) is 48.7 Å². The van der Waals surface area contributed by atoms with Crippen LogP contribution in [0.15, 0.2) is 30.6 Å². The van der Waals surface area contributed by atoms with Gasteiger partial charge in [0.25, 0.3) is 5.92 Å². The molecule has 0 spiro atoms. The Morgan fingerprint density at radius 3 is 2.56 bits per heavy atom. The lowest BCUT2D eigenvalue weighted by Crippen LogP contribution is -2.46. The maximum Gasteiger partial charge on any atom is 0.258 e. The first-order valence-electron chi connectivity index (χ1n) is 10.7. The fraction of sp³-hybridized carbons (Fsp3) is 0.348. The number of aryl methyl sites for hydroxylation is 3. The Morgan fingerprint density at radius 2 is 1.85 bits per heavy atom. The second-order valence-corrected chi connectivity index (χ2v) is 8.96. The van der Waals surface area contributed by atoms with Crippen molar-refractivity contribution in [3.05, 3.63) is 58.4 Å². The number of rotatable bonds is 3. The quantitative estimate of drug-likeness (QED) is 0.411. The van der Waals surface area contributed by atoms with Gasteiger partial charge in [0.2, 0.25) is 5.95 Å². The van der Waals surface area contributed by atoms with Gasteiger partial charge in [0.15, 0.2) is 5.65 Å². The van der Waals surface area contributed by atoms with Gasteiger partial charge in [0.1, 0.15) is 17.0 Å². The van der Waals surface area contributed by atoms with E-state index in [4.69, 9.17) is 11.6 Å². The molecule has 0 bridgehead atoms. The Bertz CT molecular complexity index is 1410. The van der Waals surface area contributed by atoms with Crippen LogP contribution in [0.25, 0.3) is 22.4 Å². The van der Waals surface area contributed by atoms with Crippen molar-refractivity contribution in [2.24, 2.45) is 7.05 Å². The van der Waals surface area contributed by atoms with E-state index in [0.29, 0.717) is 22.5 Å². The van der Waals surface area contributed by atoms with E-state index in [0.717, 1.165) is 0 Å². The Morgan fingerprint density at radius 1 is 1.09 bits per heavy atom. The second-order valence-electron chi connectivity index (χ2n) is 8.52. The molecule has 0 saturated carbocycles. The summed E-state index contributed by atoms with van der Waals surface area (Å²) in [5, 5.41) is 4.29. The van der Waals surface area contributed by atoms with Crippen LogP contribution in [0, 0.1) is 19.7 Å². The first-order chi connectivity index (χ1) is 16.1. The van der Waals surface area contributed by atoms with Crippen LogP contribution in [0.4, 0.5) is 19.1 Å². The van der Waals surface area contributed by atoms with Gasteiger partial charge in [0.05, 0.1) is 23.5 Å². The average Bonchev–Trinajstić information content (AvgIpc) is 3.20. The molecule has 7 nitrogen and oxygen atoms in total. The lowest BCUT2D eigenvalue weighted by Gasteiger charge is -2.38. The maximum atomic E-state index is 14.9. The van der Waals surface area contributed by atoms with Crippen LogP contribution in [-0.2, 0) is 7.05 Å². The fourth-order valence-electron chi connectivity index (χ4n) is 4.17. The van der Waals surface area contributed by atoms with E-state index in [1.165, 1.54) is 23.0 Å². The lowest BCUT2D eigenvalue weighted by molar-refractivity contribution is -0.0425. The third-order valence-corrected chi connectivity index (χ3v) is 6.39. The molecule has 1 saturated heterocycles. The number of fused-ring (bicyclic) bond motifs is 1. The van der Waals surface area contributed by atoms with Crippen molar-refractivity contribution < 1.29 is 13.2 Å². The maximum absolute atomic E-state index is 14.9. The van der Waals surface area contributed by atoms with Gasteiger partial charge in [-0.3, -0.25) is 4.68 Å². The number of piperidine rings is 1. The van der Waals surface area contributed by atoms with Crippen LogP contribution < -0.4 is 4.90 Å². The summed E-state index contributed by atoms with van der Waals surface area (Å²) in [6.07, 6.45) is 2.67. The van der Waals surface area contributed by atoms with Crippen LogP contribution >= 0.6 is 11.6 Å². The molecular weight excluding hydrogens is 467 g/mol. The van der Waals surface area contributed by atoms with Crippen molar-refractivity contribution >= 4 is 28.7 Å². The Balaban J connectivity index is 1.64. The molecule has 0 unspecified atom stereocenters. The molecule has 0 radical (unpaired) electrons. The lowest BCUT2D eigenvalue weighted by atomic mass is 9.89. The summed E-state index contributed by atoms with van der Waals surface area (Å²) in [5.74, 6) is -4.37. The van der Waals surface area contributed by atoms with Crippen LogP contribution in [0.1, 0.15) is 29.3 Å². The molecule has 0 N–H and O–H groups in total. The molecule has 4 heterocycles. The summed E-state index contributed by atoms with van der Waals surface area (Å²) in [6.45, 7) is 3.61. The summed E-state index contributed by atoms with van der Waals surface area (Å²) in [7, 11) is 1.69. The molecule has 1 aliphatic rings. The molecule has 5 rings (SSSR count). The van der Waals surface area contributed by atoms with E-state index >= 15 is 0 Å². The Hall–Kier alpha value is -3.27. The van der Waals surface area contributed by atoms with Crippen molar-refractivity contribution in [3.63, 3.8) is 0 Å². The average molecular weight is 488 g/mol. The highest BCUT2D eigenvalue weighted by molar-refractivity contribution is 6.30. The summed E-state index contributed by atoms with van der Waals surface area (Å²) in [6, 6.07) is 4.27. The summed E-state index contributed by atoms with van der Waals surface area (Å²) >= 11 is 5.94. The van der Waals surface area contributed by atoms with Gasteiger partial charge in [-0.15, -0.1) is 0 Å². The topological polar surface area (TPSA) is 72.6 Å². The summed E-state index contributed by atoms with van der Waals surface area (Å²) in [4.78, 5) is 19.9. The summed E-state index contributed by atoms with van der Waals surface area (Å²) in [5.41, 5.74) is 2.79. The third kappa shape index (κ3) is 3.96. The number of aromatic nitrogens is 6. The number of alkyl halides is 2. The molecule has 34 heavy (non-hydrogen) atoms. The highest BCUT2D eigenvalue weighted by Crippen LogP contribution is 2.41. The zero-order chi connectivity index (χ0) is 24.2. The van der Waals surface area contributed by atoms with Gasteiger partial charge in [-0.25, -0.2) is 28.1 Å². The van der Waals surface area contributed by atoms with Crippen molar-refractivity contribution in [1.29, 1.82) is 0 Å². The van der Waals surface area contributed by atoms with E-state index < -0.39 is 17.7 Å². The highest BCUT2D eigenvalue weighted by atomic mass is 35.5. The predicted molar refractivity (Wildman–Crippen MR) is 123 cm³/mol. The molecule has 176 valence electrons. The largest absolute Gasteiger partial charge is 0.340 e. The van der Waals surface area contributed by atoms with E-state index in [1.807, 2.05) is 0 Å². The molecule has 0 aliphatic carbocycles. The van der Waals surface area contributed by atoms with Gasteiger partial charge in [-0.2, -0.15) is 10.1 Å². The van der Waals surface area contributed by atoms with Crippen molar-refractivity contribution in [2.75, 3.05) is 18.0 Å². The molecular formula is C23H21ClF3N7. The van der Waals surface area contributed by atoms with Crippen molar-refractivity contribution in [2.45, 2.75) is 32.1 Å². The van der Waals surface area contributed by atoms with Crippen molar-refractivity contribution in [3.8, 4) is 11.3 Å². The van der Waals surface area contributed by atoms with Gasteiger partial charge < -0.3 is 4.90 Å². The molecule has 1 fully saturated rings. The monoisotopic (exact) mass is 487 g/mol. The standard InChI is InChI=1S/C23H21ClF3N7/c1-12-13(2)30-21-20(29-12)19(16-5-4-15(24)8-18(16)25)31-22(32-21)34-7-6-23(26,27)17(11-34)14-9-28-33(3)10-14/h4-5,8-10,17H,6-7,11H2,1-3H3/t17-/m1/s1. The second kappa shape index (κ2) is 8.19. The number of benzene rings is 1. The van der Waals surface area contributed by atoms with E-state index in [2.05, 4.69) is 25.0 Å². The van der Waals surface area contributed by atoms with Crippen molar-refractivity contribution in [1.82, 2.24) is 29.7 Å². The van der Waals surface area contributed by atoms with Gasteiger partial charge in [-0.05, 0) is 32.0 Å². The number of nitrogens with zero attached hydrogens (tertiary/aromatic N) is 7. The Kier molecular flexibility index (Phi) is 5.43. The SMILES string of the molecule is Cc1nc2nc(N3CCC(F)(F)[C@@H](c4cnn(C)c4)C3)nc(-c3ccc(Cl)cc3F)c2nc1C. The molecule has 1 aromatic carbocycles. The number of anilines is 1. The molecule has 0 amide bonds. The molecule has 11 heteroatoms. The molecule has 4 aromatic rings. The van der Waals surface area contributed by atoms with Gasteiger partial charge in [0, 0.05) is 48.9 Å². The minimum Gasteiger partial charge on any atom is -0.340 e. The van der Waals surface area contributed by atoms with E-state index in [1.54, 1.807) is 38.1 Å². The minimum absolute atomic E-state index is 0.0228. The fourth-order valence-corrected chi connectivity index (χ4v) is 4.32. The first-order valence-corrected chi connectivity index (χ1v) is 11.1. The van der Waals surface area contributed by atoms with E-state index in [9.17, 15) is 13.2 Å². The number of hydrogen-bond donors (Lipinski definition) is 0. The van der Waals surface area contributed by atoms with Crippen LogP contribution in [0.5, 0.6) is 0 Å². The third-order valence-electron chi connectivity index (χ3n) is 6.15. The zero-order valence-electron chi connectivity index (χ0n) is 18.7. The molecule has 3 aromatic heterocycles. The predicted octanol–water partition coefficient (Wildman–Crippen LogP) is 4.86. The van der Waals surface area contributed by atoms with Crippen LogP contribution in [0.3, 0.4) is 0 Å². The number of hydrogen-bond acceptors (Lipinski definition) is 6. The number of halogens is 4. The van der Waals surface area contributed by atoms with Gasteiger partial charge >= 0.3 is 0 Å². The normalized spacial score (nSPS) is 18.0. The highest BCUT2D eigenvalue weighted by Gasteiger charge is 2.46. The molecule has 1 aliphatic heterocycles. The Labute approximate surface area is 198 Å². The molecule has 1 atom stereocenters.